The predicted octanol–water partition coefficient (Wildman–Crippen LogP) is 3.87. The molecule has 0 aliphatic rings. The molecule has 0 aliphatic carbocycles. The zero-order valence-corrected chi connectivity index (χ0v) is 15.4. The maximum absolute atomic E-state index is 12.0. The van der Waals surface area contributed by atoms with Crippen LogP contribution in [0.15, 0.2) is 53.9 Å². The summed E-state index contributed by atoms with van der Waals surface area (Å²) in [6, 6.07) is 11.8. The van der Waals surface area contributed by atoms with Crippen molar-refractivity contribution < 1.29 is 4.79 Å². The molecular weight excluding hydrogens is 324 g/mol. The van der Waals surface area contributed by atoms with Crippen LogP contribution in [0.3, 0.4) is 0 Å². The van der Waals surface area contributed by atoms with Gasteiger partial charge < -0.3 is 4.57 Å². The number of benzene rings is 1. The van der Waals surface area contributed by atoms with Gasteiger partial charge in [-0.15, -0.1) is 0 Å². The van der Waals surface area contributed by atoms with Crippen LogP contribution in [0.5, 0.6) is 0 Å². The van der Waals surface area contributed by atoms with E-state index in [2.05, 4.69) is 72.0 Å². The third kappa shape index (κ3) is 3.42. The first-order valence-corrected chi connectivity index (χ1v) is 8.48. The van der Waals surface area contributed by atoms with Crippen molar-refractivity contribution in [2.45, 2.75) is 27.7 Å². The summed E-state index contributed by atoms with van der Waals surface area (Å²) in [7, 11) is 0. The zero-order chi connectivity index (χ0) is 18.7. The minimum Gasteiger partial charge on any atom is -0.317 e. The molecule has 3 rings (SSSR count). The van der Waals surface area contributed by atoms with Crippen LogP contribution in [0, 0.1) is 27.7 Å². The number of aromatic nitrogens is 2. The number of hydrogen-bond acceptors (Lipinski definition) is 3. The lowest BCUT2D eigenvalue weighted by atomic mass is 10.1. The van der Waals surface area contributed by atoms with E-state index in [0.717, 1.165) is 17.0 Å². The summed E-state index contributed by atoms with van der Waals surface area (Å²) in [5.74, 6) is -0.280. The molecule has 0 saturated carbocycles. The number of hydrogen-bond donors (Lipinski definition) is 1. The third-order valence-electron chi connectivity index (χ3n) is 4.43. The Hall–Kier alpha value is -3.21. The van der Waals surface area contributed by atoms with Crippen molar-refractivity contribution in [1.82, 2.24) is 15.0 Å². The zero-order valence-electron chi connectivity index (χ0n) is 15.4. The van der Waals surface area contributed by atoms with Gasteiger partial charge in [-0.2, -0.15) is 5.10 Å². The van der Waals surface area contributed by atoms with Crippen molar-refractivity contribution >= 4 is 12.1 Å². The van der Waals surface area contributed by atoms with Gasteiger partial charge in [-0.3, -0.25) is 9.78 Å². The fourth-order valence-corrected chi connectivity index (χ4v) is 3.14. The molecule has 1 N–H and O–H groups in total. The molecule has 0 aliphatic heterocycles. The van der Waals surface area contributed by atoms with Crippen molar-refractivity contribution in [3.8, 4) is 5.69 Å². The van der Waals surface area contributed by atoms with E-state index in [0.29, 0.717) is 5.56 Å². The second-order valence-corrected chi connectivity index (χ2v) is 6.34. The largest absolute Gasteiger partial charge is 0.317 e. The van der Waals surface area contributed by atoms with Crippen LogP contribution in [0.2, 0.25) is 0 Å². The van der Waals surface area contributed by atoms with E-state index in [-0.39, 0.29) is 5.91 Å². The lowest BCUT2D eigenvalue weighted by molar-refractivity contribution is 0.0955. The van der Waals surface area contributed by atoms with Crippen LogP contribution >= 0.6 is 0 Å². The number of aryl methyl sites for hydroxylation is 3. The second-order valence-electron chi connectivity index (χ2n) is 6.34. The SMILES string of the molecule is Cc1cccc(C)c1-n1c(C)cc(C=NNC(=O)c2cccnc2)c1C. The fourth-order valence-electron chi connectivity index (χ4n) is 3.14. The molecule has 0 bridgehead atoms. The second kappa shape index (κ2) is 7.35. The molecule has 5 nitrogen and oxygen atoms in total. The van der Waals surface area contributed by atoms with E-state index in [1.165, 1.54) is 23.0 Å². The predicted molar refractivity (Wildman–Crippen MR) is 104 cm³/mol. The van der Waals surface area contributed by atoms with E-state index in [1.54, 1.807) is 24.5 Å². The summed E-state index contributed by atoms with van der Waals surface area (Å²) < 4.78 is 2.23. The Bertz CT molecular complexity index is 951. The lowest BCUT2D eigenvalue weighted by Gasteiger charge is -2.15. The Morgan fingerprint density at radius 1 is 1.12 bits per heavy atom. The highest BCUT2D eigenvalue weighted by atomic mass is 16.2. The number of hydrazone groups is 1. The Morgan fingerprint density at radius 2 is 1.85 bits per heavy atom. The average Bonchev–Trinajstić information content (AvgIpc) is 2.90. The van der Waals surface area contributed by atoms with Crippen LogP contribution in [-0.4, -0.2) is 21.7 Å². The van der Waals surface area contributed by atoms with Gasteiger partial charge in [0.1, 0.15) is 0 Å². The van der Waals surface area contributed by atoms with Crippen LogP contribution in [0.4, 0.5) is 0 Å². The van der Waals surface area contributed by atoms with Gasteiger partial charge in [0.2, 0.25) is 0 Å². The molecule has 1 amide bonds. The number of rotatable bonds is 4. The average molecular weight is 346 g/mol. The summed E-state index contributed by atoms with van der Waals surface area (Å²) in [6.45, 7) is 8.36. The number of carbonyl (C=O) groups excluding carboxylic acids is 1. The molecule has 5 heteroatoms. The number of para-hydroxylation sites is 1. The van der Waals surface area contributed by atoms with Crippen LogP contribution in [0.1, 0.15) is 38.4 Å². The van der Waals surface area contributed by atoms with Crippen LogP contribution < -0.4 is 5.43 Å². The standard InChI is InChI=1S/C21H22N4O/c1-14-7-5-8-15(2)20(14)25-16(3)11-19(17(25)4)13-23-24-21(26)18-9-6-10-22-12-18/h5-13H,1-4H3,(H,24,26). The first kappa shape index (κ1) is 17.6. The van der Waals surface area contributed by atoms with Gasteiger partial charge in [0.15, 0.2) is 0 Å². The van der Waals surface area contributed by atoms with Gasteiger partial charge in [-0.1, -0.05) is 18.2 Å². The molecule has 26 heavy (non-hydrogen) atoms. The quantitative estimate of drug-likeness (QED) is 0.576. The lowest BCUT2D eigenvalue weighted by Crippen LogP contribution is -2.17. The van der Waals surface area contributed by atoms with Gasteiger partial charge in [-0.25, -0.2) is 5.43 Å². The van der Waals surface area contributed by atoms with E-state index in [4.69, 9.17) is 0 Å². The minimum absolute atomic E-state index is 0.280. The molecule has 132 valence electrons. The summed E-state index contributed by atoms with van der Waals surface area (Å²) in [5.41, 5.74) is 9.84. The number of pyridine rings is 1. The number of amides is 1. The normalized spacial score (nSPS) is 11.1. The Morgan fingerprint density at radius 3 is 2.50 bits per heavy atom. The summed E-state index contributed by atoms with van der Waals surface area (Å²) in [4.78, 5) is 16.0. The summed E-state index contributed by atoms with van der Waals surface area (Å²) in [5, 5.41) is 4.11. The van der Waals surface area contributed by atoms with Crippen molar-refractivity contribution in [2.24, 2.45) is 5.10 Å². The Labute approximate surface area is 153 Å². The highest BCUT2D eigenvalue weighted by molar-refractivity contribution is 5.94. The third-order valence-corrected chi connectivity index (χ3v) is 4.43. The molecule has 1 aromatic carbocycles. The first-order valence-electron chi connectivity index (χ1n) is 8.48. The molecule has 0 radical (unpaired) electrons. The smallest absolute Gasteiger partial charge is 0.272 e. The van der Waals surface area contributed by atoms with E-state index < -0.39 is 0 Å². The van der Waals surface area contributed by atoms with E-state index in [1.807, 2.05) is 0 Å². The molecule has 2 aromatic heterocycles. The number of carbonyl (C=O) groups is 1. The Kier molecular flexibility index (Phi) is 4.98. The highest BCUT2D eigenvalue weighted by Crippen LogP contribution is 2.25. The van der Waals surface area contributed by atoms with Gasteiger partial charge in [-0.05, 0) is 57.0 Å². The van der Waals surface area contributed by atoms with Crippen molar-refractivity contribution in [3.63, 3.8) is 0 Å². The van der Waals surface area contributed by atoms with Crippen molar-refractivity contribution in [1.29, 1.82) is 0 Å². The van der Waals surface area contributed by atoms with Gasteiger partial charge in [0, 0.05) is 29.3 Å². The molecule has 0 fully saturated rings. The maximum atomic E-state index is 12.0. The topological polar surface area (TPSA) is 59.3 Å². The summed E-state index contributed by atoms with van der Waals surface area (Å²) >= 11 is 0. The van der Waals surface area contributed by atoms with Crippen LogP contribution in [-0.2, 0) is 0 Å². The van der Waals surface area contributed by atoms with Crippen molar-refractivity contribution in [2.75, 3.05) is 0 Å². The summed E-state index contributed by atoms with van der Waals surface area (Å²) in [6.07, 6.45) is 4.82. The number of nitrogens with one attached hydrogen (secondary N) is 1. The fraction of sp³-hybridized carbons (Fsp3) is 0.190. The molecule has 3 aromatic rings. The highest BCUT2D eigenvalue weighted by Gasteiger charge is 2.13. The van der Waals surface area contributed by atoms with Gasteiger partial charge >= 0.3 is 0 Å². The van der Waals surface area contributed by atoms with Gasteiger partial charge in [0.05, 0.1) is 17.5 Å². The molecule has 0 saturated heterocycles. The minimum atomic E-state index is -0.280. The molecule has 0 spiro atoms. The van der Waals surface area contributed by atoms with Gasteiger partial charge in [0.25, 0.3) is 5.91 Å². The molecule has 2 heterocycles. The van der Waals surface area contributed by atoms with E-state index >= 15 is 0 Å². The van der Waals surface area contributed by atoms with Crippen molar-refractivity contribution in [3.05, 3.63) is 82.4 Å². The maximum Gasteiger partial charge on any atom is 0.272 e. The molecular formula is C21H22N4O. The van der Waals surface area contributed by atoms with E-state index in [9.17, 15) is 4.79 Å². The monoisotopic (exact) mass is 346 g/mol. The Balaban J connectivity index is 1.86. The van der Waals surface area contributed by atoms with Crippen LogP contribution in [0.25, 0.3) is 5.69 Å². The first-order chi connectivity index (χ1) is 12.5. The molecule has 0 unspecified atom stereocenters. The number of nitrogens with zero attached hydrogens (tertiary/aromatic N) is 3. The molecule has 0 atom stereocenters.